The Labute approximate surface area is 173 Å². The van der Waals surface area contributed by atoms with Crippen molar-refractivity contribution in [3.05, 3.63) is 68.8 Å². The molecule has 0 fully saturated rings. The third-order valence-electron chi connectivity index (χ3n) is 4.54. The highest BCUT2D eigenvalue weighted by Crippen LogP contribution is 2.35. The molecule has 0 unspecified atom stereocenters. The molecule has 1 aliphatic heterocycles. The smallest absolute Gasteiger partial charge is 0.278 e. The standard InChI is InChI=1S/C21H20Cl2N2O3/c1-12-4-5-13(2)17(10-12)24-19-18(15-7-6-14(22)11-16(15)23)20(26)25(21(19)27)8-9-28-3/h4-7,10-11,24H,8-9H2,1-3H3. The molecule has 5 nitrogen and oxygen atoms in total. The van der Waals surface area contributed by atoms with E-state index in [2.05, 4.69) is 5.32 Å². The second-order valence-corrected chi connectivity index (χ2v) is 7.42. The number of carbonyl (C=O) groups excluding carboxylic acids is 2. The van der Waals surface area contributed by atoms with Gasteiger partial charge in [0, 0.05) is 23.4 Å². The molecule has 0 atom stereocenters. The number of hydrogen-bond acceptors (Lipinski definition) is 4. The van der Waals surface area contributed by atoms with Crippen molar-refractivity contribution in [3.63, 3.8) is 0 Å². The van der Waals surface area contributed by atoms with Crippen LogP contribution in [0, 0.1) is 13.8 Å². The van der Waals surface area contributed by atoms with Crippen LogP contribution in [0.1, 0.15) is 16.7 Å². The number of imide groups is 1. The summed E-state index contributed by atoms with van der Waals surface area (Å²) in [6, 6.07) is 10.7. The predicted molar refractivity (Wildman–Crippen MR) is 112 cm³/mol. The average Bonchev–Trinajstić information content (AvgIpc) is 2.87. The van der Waals surface area contributed by atoms with Gasteiger partial charge in [-0.3, -0.25) is 14.5 Å². The SMILES string of the molecule is COCCN1C(=O)C(Nc2cc(C)ccc2C)=C(c2ccc(Cl)cc2Cl)C1=O. The number of nitrogens with one attached hydrogen (secondary N) is 1. The first-order chi connectivity index (χ1) is 13.3. The van der Waals surface area contributed by atoms with Gasteiger partial charge in [-0.15, -0.1) is 0 Å². The number of benzene rings is 2. The van der Waals surface area contributed by atoms with Gasteiger partial charge in [-0.05, 0) is 43.2 Å². The molecule has 0 bridgehead atoms. The van der Waals surface area contributed by atoms with Gasteiger partial charge in [0.2, 0.25) is 0 Å². The molecule has 0 saturated heterocycles. The second kappa shape index (κ2) is 8.35. The lowest BCUT2D eigenvalue weighted by molar-refractivity contribution is -0.137. The van der Waals surface area contributed by atoms with E-state index in [1.54, 1.807) is 18.2 Å². The van der Waals surface area contributed by atoms with Crippen LogP contribution in [0.4, 0.5) is 5.69 Å². The summed E-state index contributed by atoms with van der Waals surface area (Å²) < 4.78 is 5.04. The van der Waals surface area contributed by atoms with Crippen LogP contribution in [0.15, 0.2) is 42.1 Å². The highest BCUT2D eigenvalue weighted by molar-refractivity contribution is 6.41. The fraction of sp³-hybridized carbons (Fsp3) is 0.238. The largest absolute Gasteiger partial charge is 0.383 e. The van der Waals surface area contributed by atoms with Gasteiger partial charge < -0.3 is 10.1 Å². The van der Waals surface area contributed by atoms with E-state index in [9.17, 15) is 9.59 Å². The molecule has 1 aliphatic rings. The van der Waals surface area contributed by atoms with Crippen LogP contribution in [0.2, 0.25) is 10.0 Å². The van der Waals surface area contributed by atoms with Crippen molar-refractivity contribution in [2.24, 2.45) is 0 Å². The molecule has 1 N–H and O–H groups in total. The van der Waals surface area contributed by atoms with Crippen molar-refractivity contribution in [1.29, 1.82) is 0 Å². The van der Waals surface area contributed by atoms with E-state index in [-0.39, 0.29) is 24.4 Å². The topological polar surface area (TPSA) is 58.6 Å². The van der Waals surface area contributed by atoms with Gasteiger partial charge >= 0.3 is 0 Å². The Morgan fingerprint density at radius 3 is 2.46 bits per heavy atom. The van der Waals surface area contributed by atoms with Crippen molar-refractivity contribution in [1.82, 2.24) is 4.90 Å². The Bertz CT molecular complexity index is 986. The maximum Gasteiger partial charge on any atom is 0.278 e. The fourth-order valence-corrected chi connectivity index (χ4v) is 3.53. The summed E-state index contributed by atoms with van der Waals surface area (Å²) >= 11 is 12.3. The average molecular weight is 419 g/mol. The normalized spacial score (nSPS) is 14.2. The Balaban J connectivity index is 2.12. The predicted octanol–water partition coefficient (Wildman–Crippen LogP) is 4.45. The molecule has 0 saturated carbocycles. The van der Waals surface area contributed by atoms with Gasteiger partial charge in [-0.2, -0.15) is 0 Å². The summed E-state index contributed by atoms with van der Waals surface area (Å²) in [7, 11) is 1.52. The fourth-order valence-electron chi connectivity index (χ4n) is 3.02. The lowest BCUT2D eigenvalue weighted by atomic mass is 10.0. The third kappa shape index (κ3) is 3.92. The van der Waals surface area contributed by atoms with Crippen LogP contribution in [-0.4, -0.2) is 37.0 Å². The summed E-state index contributed by atoms with van der Waals surface area (Å²) in [5, 5.41) is 3.92. The number of methoxy groups -OCH3 is 1. The molecular formula is C21H20Cl2N2O3. The molecule has 0 radical (unpaired) electrons. The third-order valence-corrected chi connectivity index (χ3v) is 5.09. The minimum atomic E-state index is -0.418. The zero-order valence-corrected chi connectivity index (χ0v) is 17.3. The summed E-state index contributed by atoms with van der Waals surface area (Å²) in [4.78, 5) is 27.3. The number of ether oxygens (including phenoxy) is 1. The maximum absolute atomic E-state index is 13.1. The van der Waals surface area contributed by atoms with E-state index in [4.69, 9.17) is 27.9 Å². The Kier molecular flexibility index (Phi) is 6.08. The Morgan fingerprint density at radius 1 is 1.04 bits per heavy atom. The monoisotopic (exact) mass is 418 g/mol. The number of amides is 2. The quantitative estimate of drug-likeness (QED) is 0.703. The van der Waals surface area contributed by atoms with E-state index in [0.29, 0.717) is 15.6 Å². The van der Waals surface area contributed by atoms with Crippen molar-refractivity contribution in [2.45, 2.75) is 13.8 Å². The van der Waals surface area contributed by atoms with Gasteiger partial charge in [-0.25, -0.2) is 0 Å². The zero-order chi connectivity index (χ0) is 20.4. The van der Waals surface area contributed by atoms with Gasteiger partial charge in [0.25, 0.3) is 11.8 Å². The minimum Gasteiger partial charge on any atom is -0.383 e. The highest BCUT2D eigenvalue weighted by Gasteiger charge is 2.39. The molecule has 28 heavy (non-hydrogen) atoms. The van der Waals surface area contributed by atoms with Crippen LogP contribution in [0.5, 0.6) is 0 Å². The number of rotatable bonds is 6. The molecule has 2 aromatic carbocycles. The lowest BCUT2D eigenvalue weighted by Gasteiger charge is -2.15. The zero-order valence-electron chi connectivity index (χ0n) is 15.8. The van der Waals surface area contributed by atoms with E-state index in [0.717, 1.165) is 21.7 Å². The molecule has 2 amide bonds. The van der Waals surface area contributed by atoms with Gasteiger partial charge in [0.1, 0.15) is 5.70 Å². The molecule has 0 aromatic heterocycles. The lowest BCUT2D eigenvalue weighted by Crippen LogP contribution is -2.35. The number of nitrogens with zero attached hydrogens (tertiary/aromatic N) is 1. The molecule has 0 aliphatic carbocycles. The minimum absolute atomic E-state index is 0.154. The number of halogens is 2. The first kappa shape index (κ1) is 20.4. The molecule has 3 rings (SSSR count). The summed E-state index contributed by atoms with van der Waals surface area (Å²) in [5.74, 6) is -0.831. The van der Waals surface area contributed by atoms with E-state index in [1.165, 1.54) is 7.11 Å². The summed E-state index contributed by atoms with van der Waals surface area (Å²) in [6.45, 7) is 4.29. The Morgan fingerprint density at radius 2 is 1.79 bits per heavy atom. The van der Waals surface area contributed by atoms with Crippen molar-refractivity contribution in [2.75, 3.05) is 25.6 Å². The van der Waals surface area contributed by atoms with Crippen LogP contribution in [-0.2, 0) is 14.3 Å². The van der Waals surface area contributed by atoms with Crippen LogP contribution in [0.3, 0.4) is 0 Å². The van der Waals surface area contributed by atoms with Crippen LogP contribution >= 0.6 is 23.2 Å². The molecule has 146 valence electrons. The van der Waals surface area contributed by atoms with Gasteiger partial charge in [0.05, 0.1) is 23.7 Å². The van der Waals surface area contributed by atoms with Crippen LogP contribution in [0.25, 0.3) is 5.57 Å². The van der Waals surface area contributed by atoms with E-state index >= 15 is 0 Å². The molecule has 0 spiro atoms. The first-order valence-electron chi connectivity index (χ1n) is 8.72. The number of hydrogen-bond donors (Lipinski definition) is 1. The number of carbonyl (C=O) groups is 2. The van der Waals surface area contributed by atoms with E-state index < -0.39 is 11.8 Å². The first-order valence-corrected chi connectivity index (χ1v) is 9.48. The van der Waals surface area contributed by atoms with Gasteiger partial charge in [-0.1, -0.05) is 41.4 Å². The van der Waals surface area contributed by atoms with E-state index in [1.807, 2.05) is 32.0 Å². The van der Waals surface area contributed by atoms with Crippen molar-refractivity contribution < 1.29 is 14.3 Å². The van der Waals surface area contributed by atoms with Gasteiger partial charge in [0.15, 0.2) is 0 Å². The maximum atomic E-state index is 13.1. The Hall–Kier alpha value is -2.34. The van der Waals surface area contributed by atoms with Crippen LogP contribution < -0.4 is 5.32 Å². The number of anilines is 1. The molecule has 7 heteroatoms. The number of aryl methyl sites for hydroxylation is 2. The highest BCUT2D eigenvalue weighted by atomic mass is 35.5. The second-order valence-electron chi connectivity index (χ2n) is 6.57. The summed E-state index contributed by atoms with van der Waals surface area (Å²) in [6.07, 6.45) is 0. The molecule has 1 heterocycles. The molecule has 2 aromatic rings. The summed E-state index contributed by atoms with van der Waals surface area (Å²) in [5.41, 5.74) is 3.62. The molecular weight excluding hydrogens is 399 g/mol. The van der Waals surface area contributed by atoms with Crippen molar-refractivity contribution in [3.8, 4) is 0 Å². The van der Waals surface area contributed by atoms with Crippen molar-refractivity contribution >= 4 is 46.3 Å².